The standard InChI is InChI=1S/C32H44N4O3/c33-17-9-20-34-18-7-8-19-35-21-10-22-36-32(37)23-29-15-16-30(38-25-27-11-3-1-4-12-27)24-31(29)39-26-28-13-5-2-6-14-28/h1-6,11-16,24,34-35H,7-10,17-23,25-26,33H2,(H,36,37). The van der Waals surface area contributed by atoms with Crippen molar-refractivity contribution in [1.82, 2.24) is 16.0 Å². The molecule has 0 fully saturated rings. The van der Waals surface area contributed by atoms with E-state index in [1.807, 2.05) is 78.9 Å². The molecular formula is C32H44N4O3. The van der Waals surface area contributed by atoms with E-state index in [1.54, 1.807) is 0 Å². The highest BCUT2D eigenvalue weighted by atomic mass is 16.5. The lowest BCUT2D eigenvalue weighted by Crippen LogP contribution is -2.29. The minimum atomic E-state index is -0.0129. The Kier molecular flexibility index (Phi) is 14.5. The second-order valence-corrected chi connectivity index (χ2v) is 9.55. The van der Waals surface area contributed by atoms with Gasteiger partial charge in [0, 0.05) is 18.2 Å². The van der Waals surface area contributed by atoms with E-state index < -0.39 is 0 Å². The Morgan fingerprint density at radius 1 is 0.667 bits per heavy atom. The summed E-state index contributed by atoms with van der Waals surface area (Å²) in [5, 5.41) is 9.88. The number of nitrogens with two attached hydrogens (primary N) is 1. The molecule has 7 heteroatoms. The molecule has 0 unspecified atom stereocenters. The topological polar surface area (TPSA) is 97.6 Å². The maximum Gasteiger partial charge on any atom is 0.224 e. The highest BCUT2D eigenvalue weighted by molar-refractivity contribution is 5.79. The summed E-state index contributed by atoms with van der Waals surface area (Å²) in [4.78, 5) is 12.7. The van der Waals surface area contributed by atoms with E-state index in [0.717, 1.165) is 75.1 Å². The Bertz CT molecular complexity index is 1060. The van der Waals surface area contributed by atoms with Gasteiger partial charge in [-0.3, -0.25) is 4.79 Å². The number of hydrogen-bond acceptors (Lipinski definition) is 6. The smallest absolute Gasteiger partial charge is 0.224 e. The molecule has 0 atom stereocenters. The van der Waals surface area contributed by atoms with E-state index in [0.29, 0.717) is 31.3 Å². The molecule has 0 radical (unpaired) electrons. The first-order valence-corrected chi connectivity index (χ1v) is 14.1. The van der Waals surface area contributed by atoms with Crippen LogP contribution >= 0.6 is 0 Å². The predicted octanol–water partition coefficient (Wildman–Crippen LogP) is 4.20. The van der Waals surface area contributed by atoms with Gasteiger partial charge in [-0.05, 0) is 75.6 Å². The molecule has 3 rings (SSSR count). The van der Waals surface area contributed by atoms with Crippen molar-refractivity contribution in [2.24, 2.45) is 5.73 Å². The van der Waals surface area contributed by atoms with Crippen LogP contribution in [0.1, 0.15) is 42.4 Å². The van der Waals surface area contributed by atoms with Gasteiger partial charge in [0.1, 0.15) is 24.7 Å². The van der Waals surface area contributed by atoms with Crippen LogP contribution in [-0.4, -0.2) is 45.2 Å². The van der Waals surface area contributed by atoms with Gasteiger partial charge in [-0.1, -0.05) is 66.7 Å². The van der Waals surface area contributed by atoms with E-state index >= 15 is 0 Å². The average Bonchev–Trinajstić information content (AvgIpc) is 2.97. The third-order valence-corrected chi connectivity index (χ3v) is 6.24. The summed E-state index contributed by atoms with van der Waals surface area (Å²) in [6.45, 7) is 6.19. The third-order valence-electron chi connectivity index (χ3n) is 6.24. The van der Waals surface area contributed by atoms with E-state index in [1.165, 1.54) is 0 Å². The minimum Gasteiger partial charge on any atom is -0.489 e. The lowest BCUT2D eigenvalue weighted by Gasteiger charge is -2.15. The molecule has 0 heterocycles. The maximum absolute atomic E-state index is 12.7. The zero-order valence-electron chi connectivity index (χ0n) is 23.0. The highest BCUT2D eigenvalue weighted by Gasteiger charge is 2.12. The molecule has 210 valence electrons. The SMILES string of the molecule is NCCCNCCCCNCCCNC(=O)Cc1ccc(OCc2ccccc2)cc1OCc1ccccc1. The van der Waals surface area contributed by atoms with Crippen LogP contribution in [0.25, 0.3) is 0 Å². The van der Waals surface area contributed by atoms with E-state index in [2.05, 4.69) is 16.0 Å². The molecule has 39 heavy (non-hydrogen) atoms. The number of hydrogen-bond donors (Lipinski definition) is 4. The molecule has 1 amide bonds. The average molecular weight is 533 g/mol. The van der Waals surface area contributed by atoms with Crippen molar-refractivity contribution in [3.05, 3.63) is 95.6 Å². The molecule has 0 spiro atoms. The highest BCUT2D eigenvalue weighted by Crippen LogP contribution is 2.27. The molecule has 0 aliphatic carbocycles. The van der Waals surface area contributed by atoms with Crippen LogP contribution in [0.3, 0.4) is 0 Å². The Morgan fingerprint density at radius 3 is 1.90 bits per heavy atom. The second kappa shape index (κ2) is 18.8. The summed E-state index contributed by atoms with van der Waals surface area (Å²) in [6, 6.07) is 25.8. The molecule has 0 saturated heterocycles. The number of ether oxygens (including phenoxy) is 2. The van der Waals surface area contributed by atoms with Crippen LogP contribution in [0.4, 0.5) is 0 Å². The molecule has 3 aromatic rings. The fraction of sp³-hybridized carbons (Fsp3) is 0.406. The number of unbranched alkanes of at least 4 members (excludes halogenated alkanes) is 1. The Morgan fingerprint density at radius 2 is 1.26 bits per heavy atom. The van der Waals surface area contributed by atoms with Gasteiger partial charge in [-0.25, -0.2) is 0 Å². The first-order valence-electron chi connectivity index (χ1n) is 14.1. The summed E-state index contributed by atoms with van der Waals surface area (Å²) >= 11 is 0. The molecule has 0 bridgehead atoms. The largest absolute Gasteiger partial charge is 0.489 e. The number of nitrogens with one attached hydrogen (secondary N) is 3. The fourth-order valence-corrected chi connectivity index (χ4v) is 4.04. The summed E-state index contributed by atoms with van der Waals surface area (Å²) in [7, 11) is 0. The maximum atomic E-state index is 12.7. The van der Waals surface area contributed by atoms with Crippen LogP contribution in [0.2, 0.25) is 0 Å². The summed E-state index contributed by atoms with van der Waals surface area (Å²) < 4.78 is 12.2. The van der Waals surface area contributed by atoms with Gasteiger partial charge in [0.05, 0.1) is 6.42 Å². The fourth-order valence-electron chi connectivity index (χ4n) is 4.04. The second-order valence-electron chi connectivity index (χ2n) is 9.55. The van der Waals surface area contributed by atoms with Gasteiger partial charge in [0.25, 0.3) is 0 Å². The summed E-state index contributed by atoms with van der Waals surface area (Å²) in [5.41, 5.74) is 8.50. The predicted molar refractivity (Wildman–Crippen MR) is 158 cm³/mol. The Balaban J connectivity index is 1.41. The molecule has 0 aliphatic rings. The molecule has 0 aliphatic heterocycles. The number of amides is 1. The molecule has 7 nitrogen and oxygen atoms in total. The molecule has 0 saturated carbocycles. The quantitative estimate of drug-likeness (QED) is 0.163. The number of carbonyl (C=O) groups is 1. The lowest BCUT2D eigenvalue weighted by atomic mass is 10.1. The van der Waals surface area contributed by atoms with Crippen molar-refractivity contribution >= 4 is 5.91 Å². The van der Waals surface area contributed by atoms with Crippen LogP contribution in [0.15, 0.2) is 78.9 Å². The molecule has 5 N–H and O–H groups in total. The number of rotatable bonds is 20. The monoisotopic (exact) mass is 532 g/mol. The van der Waals surface area contributed by atoms with Crippen LogP contribution < -0.4 is 31.2 Å². The van der Waals surface area contributed by atoms with Gasteiger partial charge < -0.3 is 31.2 Å². The third kappa shape index (κ3) is 12.8. The van der Waals surface area contributed by atoms with Gasteiger partial charge in [-0.15, -0.1) is 0 Å². The van der Waals surface area contributed by atoms with Gasteiger partial charge in [0.15, 0.2) is 0 Å². The lowest BCUT2D eigenvalue weighted by molar-refractivity contribution is -0.120. The van der Waals surface area contributed by atoms with Crippen molar-refractivity contribution in [2.75, 3.05) is 39.3 Å². The molecule has 3 aromatic carbocycles. The van der Waals surface area contributed by atoms with Crippen molar-refractivity contribution < 1.29 is 14.3 Å². The summed E-state index contributed by atoms with van der Waals surface area (Å²) in [5.74, 6) is 1.36. The number of carbonyl (C=O) groups excluding carboxylic acids is 1. The van der Waals surface area contributed by atoms with Crippen molar-refractivity contribution in [3.8, 4) is 11.5 Å². The Labute approximate surface area is 233 Å². The van der Waals surface area contributed by atoms with Gasteiger partial charge in [0.2, 0.25) is 5.91 Å². The van der Waals surface area contributed by atoms with E-state index in [9.17, 15) is 4.79 Å². The normalized spacial score (nSPS) is 10.8. The molecule has 0 aromatic heterocycles. The van der Waals surface area contributed by atoms with E-state index in [-0.39, 0.29) is 12.3 Å². The first-order chi connectivity index (χ1) is 19.2. The Hall–Kier alpha value is -3.39. The van der Waals surface area contributed by atoms with Crippen molar-refractivity contribution in [2.45, 2.75) is 45.3 Å². The van der Waals surface area contributed by atoms with Crippen LogP contribution in [0, 0.1) is 0 Å². The van der Waals surface area contributed by atoms with Gasteiger partial charge in [-0.2, -0.15) is 0 Å². The van der Waals surface area contributed by atoms with Crippen LogP contribution in [0.5, 0.6) is 11.5 Å². The van der Waals surface area contributed by atoms with Crippen molar-refractivity contribution in [3.63, 3.8) is 0 Å². The van der Waals surface area contributed by atoms with Gasteiger partial charge >= 0.3 is 0 Å². The van der Waals surface area contributed by atoms with Crippen molar-refractivity contribution in [1.29, 1.82) is 0 Å². The number of benzene rings is 3. The zero-order chi connectivity index (χ0) is 27.4. The summed E-state index contributed by atoms with van der Waals surface area (Å²) in [6.07, 6.45) is 4.47. The zero-order valence-corrected chi connectivity index (χ0v) is 23.0. The first kappa shape index (κ1) is 30.2. The van der Waals surface area contributed by atoms with E-state index in [4.69, 9.17) is 15.2 Å². The van der Waals surface area contributed by atoms with Crippen LogP contribution in [-0.2, 0) is 24.4 Å². The minimum absolute atomic E-state index is 0.0129. The molecular weight excluding hydrogens is 488 g/mol.